The molecule has 2 nitrogen and oxygen atoms in total. The van der Waals surface area contributed by atoms with Gasteiger partial charge in [-0.3, -0.25) is 0 Å². The average Bonchev–Trinajstić information content (AvgIpc) is 2.82. The van der Waals surface area contributed by atoms with E-state index in [-0.39, 0.29) is 12.1 Å². The molecule has 0 aliphatic heterocycles. The summed E-state index contributed by atoms with van der Waals surface area (Å²) in [5, 5.41) is 5.66. The Hall–Kier alpha value is -0.840. The summed E-state index contributed by atoms with van der Waals surface area (Å²) in [6, 6.07) is 10.6. The average molecular weight is 354 g/mol. The number of rotatable bonds is 6. The highest BCUT2D eigenvalue weighted by Gasteiger charge is 2.12. The third kappa shape index (κ3) is 4.33. The van der Waals surface area contributed by atoms with Gasteiger partial charge >= 0.3 is 0 Å². The van der Waals surface area contributed by atoms with Crippen LogP contribution in [0.25, 0.3) is 0 Å². The van der Waals surface area contributed by atoms with Gasteiger partial charge in [-0.2, -0.15) is 0 Å². The van der Waals surface area contributed by atoms with Gasteiger partial charge in [0.1, 0.15) is 5.75 Å². The zero-order valence-corrected chi connectivity index (χ0v) is 14.4. The third-order valence-corrected chi connectivity index (χ3v) is 4.65. The lowest BCUT2D eigenvalue weighted by Crippen LogP contribution is -2.19. The fourth-order valence-electron chi connectivity index (χ4n) is 2.01. The second-order valence-corrected chi connectivity index (χ2v) is 6.95. The van der Waals surface area contributed by atoms with Crippen molar-refractivity contribution in [1.29, 1.82) is 0 Å². The molecule has 1 heterocycles. The molecule has 0 amide bonds. The van der Waals surface area contributed by atoms with Crippen molar-refractivity contribution in [2.75, 3.05) is 0 Å². The van der Waals surface area contributed by atoms with Gasteiger partial charge in [0.05, 0.1) is 6.10 Å². The normalized spacial score (nSPS) is 12.7. The number of halogens is 1. The fraction of sp³-hybridized carbons (Fsp3) is 0.375. The van der Waals surface area contributed by atoms with E-state index in [0.29, 0.717) is 0 Å². The lowest BCUT2D eigenvalue weighted by Gasteiger charge is -2.19. The van der Waals surface area contributed by atoms with Crippen LogP contribution in [0.2, 0.25) is 0 Å². The summed E-state index contributed by atoms with van der Waals surface area (Å²) in [7, 11) is 0. The molecule has 0 aliphatic rings. The predicted octanol–water partition coefficient (Wildman–Crippen LogP) is 5.15. The molecule has 1 aromatic carbocycles. The Balaban J connectivity index is 2.03. The lowest BCUT2D eigenvalue weighted by molar-refractivity contribution is 0.238. The molecule has 4 heteroatoms. The van der Waals surface area contributed by atoms with Crippen molar-refractivity contribution >= 4 is 27.3 Å². The first-order valence-electron chi connectivity index (χ1n) is 6.78. The summed E-state index contributed by atoms with van der Waals surface area (Å²) in [6.45, 7) is 7.15. The molecular formula is C16H20BrNOS. The number of ether oxygens (including phenoxy) is 1. The molecule has 1 aromatic heterocycles. The molecule has 0 fully saturated rings. The smallest absolute Gasteiger partial charge is 0.124 e. The molecular weight excluding hydrogens is 334 g/mol. The largest absolute Gasteiger partial charge is 0.491 e. The quantitative estimate of drug-likeness (QED) is 0.775. The zero-order chi connectivity index (χ0) is 14.5. The monoisotopic (exact) mass is 353 g/mol. The van der Waals surface area contributed by atoms with Crippen molar-refractivity contribution in [2.45, 2.75) is 39.5 Å². The maximum Gasteiger partial charge on any atom is 0.124 e. The lowest BCUT2D eigenvalue weighted by atomic mass is 10.1. The summed E-state index contributed by atoms with van der Waals surface area (Å²) in [4.78, 5) is 1.32. The molecule has 2 aromatic rings. The van der Waals surface area contributed by atoms with Crippen molar-refractivity contribution in [3.05, 3.63) is 50.6 Å². The van der Waals surface area contributed by atoms with Crippen LogP contribution in [-0.2, 0) is 6.54 Å². The van der Waals surface area contributed by atoms with E-state index in [1.807, 2.05) is 12.1 Å². The molecule has 1 atom stereocenters. The van der Waals surface area contributed by atoms with E-state index in [2.05, 4.69) is 65.6 Å². The summed E-state index contributed by atoms with van der Waals surface area (Å²) >= 11 is 5.25. The van der Waals surface area contributed by atoms with Crippen LogP contribution >= 0.6 is 27.3 Å². The molecule has 0 spiro atoms. The van der Waals surface area contributed by atoms with Crippen LogP contribution in [0.15, 0.2) is 40.2 Å². The Bertz CT molecular complexity index is 553. The van der Waals surface area contributed by atoms with Gasteiger partial charge < -0.3 is 10.1 Å². The van der Waals surface area contributed by atoms with Crippen LogP contribution in [0.1, 0.15) is 37.3 Å². The van der Waals surface area contributed by atoms with E-state index in [4.69, 9.17) is 4.74 Å². The topological polar surface area (TPSA) is 21.3 Å². The molecule has 1 N–H and O–H groups in total. The van der Waals surface area contributed by atoms with Gasteiger partial charge in [-0.25, -0.2) is 0 Å². The highest BCUT2D eigenvalue weighted by molar-refractivity contribution is 9.10. The Morgan fingerprint density at radius 3 is 2.65 bits per heavy atom. The van der Waals surface area contributed by atoms with Crippen molar-refractivity contribution < 1.29 is 4.74 Å². The summed E-state index contributed by atoms with van der Waals surface area (Å²) in [5.41, 5.74) is 1.21. The second-order valence-electron chi connectivity index (χ2n) is 5.04. The minimum Gasteiger partial charge on any atom is -0.491 e. The highest BCUT2D eigenvalue weighted by Crippen LogP contribution is 2.27. The molecule has 2 rings (SSSR count). The van der Waals surface area contributed by atoms with Crippen molar-refractivity contribution in [1.82, 2.24) is 5.32 Å². The predicted molar refractivity (Wildman–Crippen MR) is 89.5 cm³/mol. The number of benzene rings is 1. The van der Waals surface area contributed by atoms with Crippen molar-refractivity contribution in [3.8, 4) is 5.75 Å². The minimum atomic E-state index is 0.191. The second kappa shape index (κ2) is 7.25. The van der Waals surface area contributed by atoms with Crippen LogP contribution < -0.4 is 10.1 Å². The maximum atomic E-state index is 5.88. The Morgan fingerprint density at radius 2 is 2.00 bits per heavy atom. The molecule has 0 saturated carbocycles. The van der Waals surface area contributed by atoms with E-state index in [9.17, 15) is 0 Å². The van der Waals surface area contributed by atoms with Crippen LogP contribution in [0.4, 0.5) is 0 Å². The third-order valence-electron chi connectivity index (χ3n) is 2.95. The van der Waals surface area contributed by atoms with Gasteiger partial charge in [0, 0.05) is 32.9 Å². The van der Waals surface area contributed by atoms with Crippen LogP contribution in [0.3, 0.4) is 0 Å². The summed E-state index contributed by atoms with van der Waals surface area (Å²) in [5.74, 6) is 0.967. The molecule has 1 unspecified atom stereocenters. The van der Waals surface area contributed by atoms with Crippen molar-refractivity contribution in [3.63, 3.8) is 0 Å². The molecule has 20 heavy (non-hydrogen) atoms. The van der Waals surface area contributed by atoms with Crippen LogP contribution in [0, 0.1) is 0 Å². The number of hydrogen-bond donors (Lipinski definition) is 1. The van der Waals surface area contributed by atoms with Gasteiger partial charge in [0.25, 0.3) is 0 Å². The standard InChI is InChI=1S/C16H20BrNOS/c1-11(2)19-16-7-5-4-6-15(16)12(3)18-9-14-8-13(17)10-20-14/h4-8,10-12,18H,9H2,1-3H3. The van der Waals surface area contributed by atoms with Gasteiger partial charge in [0.2, 0.25) is 0 Å². The maximum absolute atomic E-state index is 5.88. The number of thiophene rings is 1. The van der Waals surface area contributed by atoms with Crippen LogP contribution in [-0.4, -0.2) is 6.10 Å². The van der Waals surface area contributed by atoms with E-state index in [1.54, 1.807) is 11.3 Å². The molecule has 0 saturated heterocycles. The van der Waals surface area contributed by atoms with Gasteiger partial charge in [0.15, 0.2) is 0 Å². The van der Waals surface area contributed by atoms with E-state index in [1.165, 1.54) is 10.4 Å². The first kappa shape index (κ1) is 15.5. The van der Waals surface area contributed by atoms with Gasteiger partial charge in [-0.15, -0.1) is 11.3 Å². The first-order chi connectivity index (χ1) is 9.56. The van der Waals surface area contributed by atoms with E-state index in [0.717, 1.165) is 16.8 Å². The Morgan fingerprint density at radius 1 is 1.25 bits per heavy atom. The van der Waals surface area contributed by atoms with Crippen molar-refractivity contribution in [2.24, 2.45) is 0 Å². The SMILES string of the molecule is CC(C)Oc1ccccc1C(C)NCc1cc(Br)cs1. The fourth-order valence-corrected chi connectivity index (χ4v) is 3.41. The molecule has 0 bridgehead atoms. The highest BCUT2D eigenvalue weighted by atomic mass is 79.9. The Kier molecular flexibility index (Phi) is 5.64. The zero-order valence-electron chi connectivity index (χ0n) is 12.0. The number of para-hydroxylation sites is 1. The van der Waals surface area contributed by atoms with E-state index < -0.39 is 0 Å². The van der Waals surface area contributed by atoms with E-state index >= 15 is 0 Å². The van der Waals surface area contributed by atoms with Gasteiger partial charge in [-0.1, -0.05) is 18.2 Å². The molecule has 0 radical (unpaired) electrons. The number of nitrogens with one attached hydrogen (secondary N) is 1. The van der Waals surface area contributed by atoms with Gasteiger partial charge in [-0.05, 0) is 48.8 Å². The number of hydrogen-bond acceptors (Lipinski definition) is 3. The minimum absolute atomic E-state index is 0.191. The Labute approximate surface area is 133 Å². The molecule has 108 valence electrons. The van der Waals surface area contributed by atoms with Crippen LogP contribution in [0.5, 0.6) is 5.75 Å². The summed E-state index contributed by atoms with van der Waals surface area (Å²) in [6.07, 6.45) is 0.191. The molecule has 0 aliphatic carbocycles. The first-order valence-corrected chi connectivity index (χ1v) is 8.45. The summed E-state index contributed by atoms with van der Waals surface area (Å²) < 4.78 is 7.03.